The van der Waals surface area contributed by atoms with E-state index in [-0.39, 0.29) is 0 Å². The first-order valence-electron chi connectivity index (χ1n) is 20.6. The lowest BCUT2D eigenvalue weighted by Crippen LogP contribution is -2.12. The van der Waals surface area contributed by atoms with Crippen LogP contribution in [0.3, 0.4) is 0 Å². The molecule has 0 amide bonds. The molecule has 10 rings (SSSR count). The molecule has 2 heteroatoms. The highest BCUT2D eigenvalue weighted by Crippen LogP contribution is 2.48. The molecular weight excluding hydrogens is 693 g/mol. The normalized spacial score (nSPS) is 18.1. The highest BCUT2D eigenvalue weighted by molar-refractivity contribution is 5.91. The summed E-state index contributed by atoms with van der Waals surface area (Å²) in [6.45, 7) is 0. The van der Waals surface area contributed by atoms with Gasteiger partial charge in [0.2, 0.25) is 0 Å². The van der Waals surface area contributed by atoms with E-state index in [4.69, 9.17) is 9.15 Å². The Hall–Kier alpha value is -6.51. The molecule has 0 saturated carbocycles. The van der Waals surface area contributed by atoms with Crippen molar-refractivity contribution in [3.63, 3.8) is 0 Å². The van der Waals surface area contributed by atoms with Crippen LogP contribution in [0.15, 0.2) is 208 Å². The molecule has 0 saturated heterocycles. The summed E-state index contributed by atoms with van der Waals surface area (Å²) in [5.74, 6) is 3.89. The molecule has 2 nitrogen and oxygen atoms in total. The van der Waals surface area contributed by atoms with Crippen molar-refractivity contribution in [2.24, 2.45) is 0 Å². The lowest BCUT2D eigenvalue weighted by molar-refractivity contribution is 0.372. The number of allylic oxidation sites excluding steroid dienone is 10. The van der Waals surface area contributed by atoms with Crippen molar-refractivity contribution in [1.82, 2.24) is 0 Å². The zero-order valence-corrected chi connectivity index (χ0v) is 32.2. The summed E-state index contributed by atoms with van der Waals surface area (Å²) in [4.78, 5) is 0. The van der Waals surface area contributed by atoms with Crippen LogP contribution in [-0.2, 0) is 11.2 Å². The van der Waals surface area contributed by atoms with E-state index >= 15 is 0 Å². The van der Waals surface area contributed by atoms with Crippen LogP contribution in [0.25, 0.3) is 44.9 Å². The fourth-order valence-corrected chi connectivity index (χ4v) is 9.16. The van der Waals surface area contributed by atoms with Crippen LogP contribution in [0, 0.1) is 0 Å². The quantitative estimate of drug-likeness (QED) is 0.152. The minimum absolute atomic E-state index is 0.908. The summed E-state index contributed by atoms with van der Waals surface area (Å²) in [6.07, 6.45) is 15.4. The van der Waals surface area contributed by atoms with Crippen LogP contribution in [0.4, 0.5) is 0 Å². The second-order valence-corrected chi connectivity index (χ2v) is 15.5. The molecule has 6 aromatic rings. The number of benzene rings is 5. The highest BCUT2D eigenvalue weighted by atomic mass is 16.5. The lowest BCUT2D eigenvalue weighted by atomic mass is 9.84. The molecule has 3 aliphatic carbocycles. The van der Waals surface area contributed by atoms with E-state index in [1.54, 1.807) is 0 Å². The van der Waals surface area contributed by atoms with E-state index in [1.165, 1.54) is 66.8 Å². The van der Waals surface area contributed by atoms with Crippen LogP contribution >= 0.6 is 0 Å². The maximum absolute atomic E-state index is 6.97. The van der Waals surface area contributed by atoms with Crippen molar-refractivity contribution in [2.75, 3.05) is 0 Å². The SMILES string of the molecule is C(=C1CCC(C=C2CCCc3c(-c4ccccc4)cc(-c4ccccc4)[o+]c32)=C1c1ccccc1)C1=C2OC(c3ccccc3)=CC(c3ccccc3)=C2CCC1. The van der Waals surface area contributed by atoms with Crippen LogP contribution < -0.4 is 0 Å². The summed E-state index contributed by atoms with van der Waals surface area (Å²) in [6, 6.07) is 56.0. The monoisotopic (exact) mass is 737 g/mol. The predicted molar refractivity (Wildman–Crippen MR) is 235 cm³/mol. The van der Waals surface area contributed by atoms with Gasteiger partial charge in [-0.3, -0.25) is 0 Å². The summed E-state index contributed by atoms with van der Waals surface area (Å²) in [5.41, 5.74) is 17.8. The van der Waals surface area contributed by atoms with Gasteiger partial charge in [0.15, 0.2) is 0 Å². The molecule has 0 unspecified atom stereocenters. The summed E-state index contributed by atoms with van der Waals surface area (Å²) in [5, 5.41) is 0. The Labute approximate surface area is 336 Å². The Kier molecular flexibility index (Phi) is 9.54. The van der Waals surface area contributed by atoms with Gasteiger partial charge in [0.25, 0.3) is 0 Å². The zero-order chi connectivity index (χ0) is 38.0. The van der Waals surface area contributed by atoms with Gasteiger partial charge in [-0.05, 0) is 120 Å². The third kappa shape index (κ3) is 6.98. The minimum atomic E-state index is 0.908. The highest BCUT2D eigenvalue weighted by Gasteiger charge is 2.33. The average Bonchev–Trinajstić information content (AvgIpc) is 3.68. The maximum atomic E-state index is 6.97. The molecule has 0 atom stereocenters. The molecule has 1 aromatic heterocycles. The fraction of sp³-hybridized carbons (Fsp3) is 0.145. The molecule has 1 aliphatic heterocycles. The lowest BCUT2D eigenvalue weighted by Gasteiger charge is -2.29. The first-order chi connectivity index (χ1) is 28.3. The first-order valence-corrected chi connectivity index (χ1v) is 20.6. The van der Waals surface area contributed by atoms with Crippen molar-refractivity contribution in [3.8, 4) is 22.5 Å². The van der Waals surface area contributed by atoms with Crippen LogP contribution in [0.2, 0.25) is 0 Å². The maximum Gasteiger partial charge on any atom is 0.361 e. The van der Waals surface area contributed by atoms with E-state index in [0.717, 1.165) is 85.5 Å². The van der Waals surface area contributed by atoms with Gasteiger partial charge in [0, 0.05) is 16.7 Å². The van der Waals surface area contributed by atoms with E-state index in [9.17, 15) is 0 Å². The third-order valence-corrected chi connectivity index (χ3v) is 11.9. The van der Waals surface area contributed by atoms with Crippen LogP contribution in [0.5, 0.6) is 0 Å². The zero-order valence-electron chi connectivity index (χ0n) is 32.2. The summed E-state index contributed by atoms with van der Waals surface area (Å²) >= 11 is 0. The van der Waals surface area contributed by atoms with Crippen LogP contribution in [0.1, 0.15) is 73.0 Å². The standard InChI is InChI=1S/C55H45O2/c1-6-18-38(19-7-1)49-36-51(40-22-10-3-11-23-40)56-54-45(28-16-30-47(49)54)34-43-32-33-44(53(43)42-26-14-5-15-27-42)35-46-29-17-31-48-50(39-20-8-2-9-21-39)37-52(57-55(46)48)41-24-12-4-13-25-41/h1-15,18-27,34-37H,16-17,28-33H2/q+1. The molecular formula is C55H45O2+. The molecule has 0 N–H and O–H groups in total. The fourth-order valence-electron chi connectivity index (χ4n) is 9.16. The number of rotatable bonds is 7. The second kappa shape index (κ2) is 15.6. The molecule has 0 spiro atoms. The Balaban J connectivity index is 1.12. The van der Waals surface area contributed by atoms with Gasteiger partial charge in [0.1, 0.15) is 11.5 Å². The predicted octanol–water partition coefficient (Wildman–Crippen LogP) is 14.8. The van der Waals surface area contributed by atoms with Gasteiger partial charge in [-0.1, -0.05) is 146 Å². The molecule has 2 heterocycles. The van der Waals surface area contributed by atoms with Gasteiger partial charge < -0.3 is 4.74 Å². The van der Waals surface area contributed by atoms with E-state index in [0.29, 0.717) is 0 Å². The van der Waals surface area contributed by atoms with Crippen molar-refractivity contribution in [1.29, 1.82) is 0 Å². The van der Waals surface area contributed by atoms with Crippen molar-refractivity contribution in [2.45, 2.75) is 51.4 Å². The summed E-state index contributed by atoms with van der Waals surface area (Å²) in [7, 11) is 0. The first kappa shape index (κ1) is 34.9. The van der Waals surface area contributed by atoms with Gasteiger partial charge >= 0.3 is 11.5 Å². The molecule has 5 aromatic carbocycles. The van der Waals surface area contributed by atoms with E-state index in [1.807, 2.05) is 0 Å². The third-order valence-electron chi connectivity index (χ3n) is 11.9. The molecule has 57 heavy (non-hydrogen) atoms. The Bertz CT molecular complexity index is 2640. The Morgan fingerprint density at radius 2 is 1.05 bits per heavy atom. The second-order valence-electron chi connectivity index (χ2n) is 15.5. The number of hydrogen-bond acceptors (Lipinski definition) is 1. The Morgan fingerprint density at radius 1 is 0.474 bits per heavy atom. The van der Waals surface area contributed by atoms with Gasteiger partial charge in [-0.15, -0.1) is 0 Å². The van der Waals surface area contributed by atoms with Gasteiger partial charge in [-0.25, -0.2) is 4.42 Å². The van der Waals surface area contributed by atoms with Gasteiger partial charge in [0.05, 0.1) is 22.8 Å². The van der Waals surface area contributed by atoms with Crippen molar-refractivity contribution >= 4 is 22.5 Å². The largest absolute Gasteiger partial charge is 0.456 e. The molecule has 4 aliphatic rings. The van der Waals surface area contributed by atoms with Gasteiger partial charge in [-0.2, -0.15) is 0 Å². The smallest absolute Gasteiger partial charge is 0.361 e. The topological polar surface area (TPSA) is 20.5 Å². The molecule has 276 valence electrons. The molecule has 0 bridgehead atoms. The van der Waals surface area contributed by atoms with Crippen molar-refractivity contribution < 1.29 is 9.15 Å². The number of fused-ring (bicyclic) bond motifs is 2. The average molecular weight is 738 g/mol. The summed E-state index contributed by atoms with van der Waals surface area (Å²) < 4.78 is 13.9. The number of ether oxygens (including phenoxy) is 1. The molecule has 0 radical (unpaired) electrons. The number of hydrogen-bond donors (Lipinski definition) is 0. The van der Waals surface area contributed by atoms with Crippen molar-refractivity contribution in [3.05, 3.63) is 232 Å². The minimum Gasteiger partial charge on any atom is -0.456 e. The molecule has 0 fully saturated rings. The van der Waals surface area contributed by atoms with E-state index in [2.05, 4.69) is 176 Å². The van der Waals surface area contributed by atoms with Crippen LogP contribution in [-0.4, -0.2) is 0 Å². The Morgan fingerprint density at radius 3 is 1.74 bits per heavy atom. The van der Waals surface area contributed by atoms with E-state index < -0.39 is 0 Å².